The van der Waals surface area contributed by atoms with E-state index in [0.717, 1.165) is 32.1 Å². The fourth-order valence-electron chi connectivity index (χ4n) is 4.47. The fraction of sp³-hybridized carbons (Fsp3) is 0.542. The molecule has 15 nitrogen and oxygen atoms in total. The van der Waals surface area contributed by atoms with Crippen molar-refractivity contribution in [1.82, 2.24) is 20.0 Å². The minimum atomic E-state index is -4.10. The highest BCUT2D eigenvalue weighted by Crippen LogP contribution is 2.47. The van der Waals surface area contributed by atoms with Gasteiger partial charge in [0.05, 0.1) is 13.2 Å². The van der Waals surface area contributed by atoms with Crippen LogP contribution in [-0.2, 0) is 28.2 Å². The average molecular weight is 580 g/mol. The predicted molar refractivity (Wildman–Crippen MR) is 142 cm³/mol. The molecule has 4 N–H and O–H groups in total. The molecule has 0 aromatic heterocycles. The third-order valence-electron chi connectivity index (χ3n) is 6.46. The number of rotatable bonds is 12. The summed E-state index contributed by atoms with van der Waals surface area (Å²) in [5.41, 5.74) is 5.63. The van der Waals surface area contributed by atoms with Gasteiger partial charge in [0, 0.05) is 6.07 Å². The van der Waals surface area contributed by atoms with Crippen molar-refractivity contribution in [2.45, 2.75) is 57.2 Å². The van der Waals surface area contributed by atoms with Gasteiger partial charge in [-0.15, -0.1) is 0 Å². The highest BCUT2D eigenvalue weighted by Gasteiger charge is 2.41. The zero-order valence-electron chi connectivity index (χ0n) is 21.9. The second-order valence-corrected chi connectivity index (χ2v) is 11.2. The van der Waals surface area contributed by atoms with Crippen LogP contribution in [0.4, 0.5) is 0 Å². The largest absolute Gasteiger partial charge is 0.461 e. The maximum absolute atomic E-state index is 13.8. The van der Waals surface area contributed by atoms with Crippen LogP contribution >= 0.6 is 7.75 Å². The molecule has 4 aliphatic rings. The third kappa shape index (κ3) is 6.75. The zero-order valence-corrected chi connectivity index (χ0v) is 22.8. The van der Waals surface area contributed by atoms with Crippen molar-refractivity contribution in [1.29, 1.82) is 0 Å². The summed E-state index contributed by atoms with van der Waals surface area (Å²) >= 11 is 0. The molecule has 0 saturated heterocycles. The van der Waals surface area contributed by atoms with Crippen molar-refractivity contribution in [3.63, 3.8) is 0 Å². The quantitative estimate of drug-likeness (QED) is 0.134. The second-order valence-electron chi connectivity index (χ2n) is 9.50. The molecular formula is C24H32N6O9P+. The molecule has 1 fully saturated rings. The van der Waals surface area contributed by atoms with Gasteiger partial charge < -0.3 is 23.5 Å². The number of hydrogen-bond donors (Lipinski definition) is 3. The number of nitrogens with two attached hydrogens (primary N) is 1. The molecule has 1 aromatic carbocycles. The molecule has 1 aliphatic carbocycles. The SMILES string of the molecule is CC(NP(=O)(OCCOCN1C=NC2C(=O)NC(N)=[N+]=C21)Oc1ccc2c(c1)OCO2)C(=O)OC1CCCCC1. The molecule has 0 spiro atoms. The summed E-state index contributed by atoms with van der Waals surface area (Å²) in [6.07, 6.45) is 6.02. The van der Waals surface area contributed by atoms with Crippen molar-refractivity contribution in [3.8, 4) is 17.2 Å². The summed E-state index contributed by atoms with van der Waals surface area (Å²) < 4.78 is 51.1. The van der Waals surface area contributed by atoms with Gasteiger partial charge in [0.25, 0.3) is 0 Å². The van der Waals surface area contributed by atoms with Crippen LogP contribution in [0, 0.1) is 0 Å². The highest BCUT2D eigenvalue weighted by atomic mass is 31.2. The van der Waals surface area contributed by atoms with Crippen molar-refractivity contribution in [3.05, 3.63) is 18.2 Å². The number of ether oxygens (including phenoxy) is 4. The first kappa shape index (κ1) is 27.9. The number of hydrogen-bond acceptors (Lipinski definition) is 12. The Kier molecular flexibility index (Phi) is 8.57. The van der Waals surface area contributed by atoms with Gasteiger partial charge in [-0.3, -0.25) is 19.8 Å². The fourth-order valence-corrected chi connectivity index (χ4v) is 5.93. The van der Waals surface area contributed by atoms with E-state index in [1.54, 1.807) is 12.1 Å². The number of amides is 1. The van der Waals surface area contributed by atoms with Crippen molar-refractivity contribution in [2.24, 2.45) is 10.7 Å². The van der Waals surface area contributed by atoms with E-state index in [-0.39, 0.29) is 50.5 Å². The lowest BCUT2D eigenvalue weighted by atomic mass is 9.98. The molecule has 1 saturated carbocycles. The molecule has 1 amide bonds. The number of nitrogens with zero attached hydrogens (tertiary/aromatic N) is 3. The van der Waals surface area contributed by atoms with Crippen LogP contribution in [0.5, 0.6) is 17.2 Å². The molecule has 3 heterocycles. The standard InChI is InChI=1S/C24H31N6O9P/c1-15(23(32)38-16-5-3-2-4-6-16)29-40(33,39-17-7-8-18-19(11-17)36-14-35-18)37-10-9-34-13-30-12-26-20-21(30)27-24(25)28-22(20)31/h7-8,11-12,15-16,20H,2-6,9-10,13-14H2,1H3,(H3,25,28,29,31,33)/p+1. The van der Waals surface area contributed by atoms with Gasteiger partial charge in [0.1, 0.15) is 24.2 Å². The topological polar surface area (TPSA) is 186 Å². The van der Waals surface area contributed by atoms with Crippen LogP contribution in [0.1, 0.15) is 39.0 Å². The smallest absolute Gasteiger partial charge is 0.459 e. The molecule has 40 heavy (non-hydrogen) atoms. The molecule has 1 aromatic rings. The number of aliphatic imine (C=N–C) groups is 1. The Balaban J connectivity index is 1.18. The molecule has 16 heteroatoms. The minimum Gasteiger partial charge on any atom is -0.461 e. The maximum atomic E-state index is 13.8. The number of nitrogens with one attached hydrogen (secondary N) is 2. The van der Waals surface area contributed by atoms with Crippen molar-refractivity contribution < 1.29 is 42.1 Å². The van der Waals surface area contributed by atoms with E-state index in [1.165, 1.54) is 24.2 Å². The van der Waals surface area contributed by atoms with Crippen LogP contribution in [-0.4, -0.2) is 79.8 Å². The van der Waals surface area contributed by atoms with E-state index in [9.17, 15) is 14.2 Å². The van der Waals surface area contributed by atoms with Gasteiger partial charge in [-0.2, -0.15) is 5.09 Å². The van der Waals surface area contributed by atoms with Gasteiger partial charge >= 0.3 is 31.4 Å². The van der Waals surface area contributed by atoms with Gasteiger partial charge in [-0.1, -0.05) is 6.42 Å². The maximum Gasteiger partial charge on any atom is 0.459 e. The Hall–Kier alpha value is -3.61. The molecule has 0 bridgehead atoms. The first-order valence-electron chi connectivity index (χ1n) is 13.0. The number of amidine groups is 1. The van der Waals surface area contributed by atoms with Crippen molar-refractivity contribution >= 4 is 37.8 Å². The second kappa shape index (κ2) is 12.3. The Morgan fingerprint density at radius 3 is 2.90 bits per heavy atom. The van der Waals surface area contributed by atoms with E-state index in [4.69, 9.17) is 33.7 Å². The Labute approximate surface area is 230 Å². The Morgan fingerprint density at radius 1 is 1.27 bits per heavy atom. The number of esters is 1. The van der Waals surface area contributed by atoms with Gasteiger partial charge in [-0.25, -0.2) is 24.4 Å². The van der Waals surface area contributed by atoms with Crippen LogP contribution in [0.3, 0.4) is 0 Å². The minimum absolute atomic E-state index is 0.00633. The molecule has 5 rings (SSSR count). The molecular weight excluding hydrogens is 547 g/mol. The molecule has 216 valence electrons. The predicted octanol–water partition coefficient (Wildman–Crippen LogP) is 0.370. The summed E-state index contributed by atoms with van der Waals surface area (Å²) in [4.78, 5) is 30.3. The molecule has 3 unspecified atom stereocenters. The summed E-state index contributed by atoms with van der Waals surface area (Å²) in [7, 11) is -4.10. The van der Waals surface area contributed by atoms with E-state index in [0.29, 0.717) is 17.3 Å². The number of guanidine groups is 1. The Morgan fingerprint density at radius 2 is 2.08 bits per heavy atom. The number of carbonyl (C=O) groups is 2. The average Bonchev–Trinajstić information content (AvgIpc) is 3.56. The summed E-state index contributed by atoms with van der Waals surface area (Å²) in [5, 5.41) is 5.09. The van der Waals surface area contributed by atoms with Crippen molar-refractivity contribution in [2.75, 3.05) is 26.7 Å². The van der Waals surface area contributed by atoms with Gasteiger partial charge in [-0.05, 0) is 44.7 Å². The van der Waals surface area contributed by atoms with E-state index in [2.05, 4.69) is 20.1 Å². The van der Waals surface area contributed by atoms with E-state index >= 15 is 0 Å². The lowest BCUT2D eigenvalue weighted by molar-refractivity contribution is -0.152. The molecule has 0 radical (unpaired) electrons. The lowest BCUT2D eigenvalue weighted by Gasteiger charge is -2.26. The normalized spacial score (nSPS) is 22.1. The molecule has 3 aliphatic heterocycles. The first-order valence-corrected chi connectivity index (χ1v) is 14.6. The van der Waals surface area contributed by atoms with Crippen LogP contribution in [0.15, 0.2) is 23.2 Å². The monoisotopic (exact) mass is 579 g/mol. The number of benzene rings is 1. The lowest BCUT2D eigenvalue weighted by Crippen LogP contribution is -2.53. The Bertz CT molecular complexity index is 1280. The third-order valence-corrected chi connectivity index (χ3v) is 8.14. The van der Waals surface area contributed by atoms with Gasteiger partial charge in [0.15, 0.2) is 18.2 Å². The summed E-state index contributed by atoms with van der Waals surface area (Å²) in [5.74, 6) is 0.534. The first-order chi connectivity index (χ1) is 19.3. The number of fused-ring (bicyclic) bond motifs is 2. The van der Waals surface area contributed by atoms with E-state index < -0.39 is 25.8 Å². The highest BCUT2D eigenvalue weighted by molar-refractivity contribution is 7.52. The summed E-state index contributed by atoms with van der Waals surface area (Å²) in [6.45, 7) is 1.43. The van der Waals surface area contributed by atoms with E-state index in [1.807, 2.05) is 0 Å². The zero-order chi connectivity index (χ0) is 28.1. The van der Waals surface area contributed by atoms with Crippen LogP contribution in [0.25, 0.3) is 0 Å². The number of carbonyl (C=O) groups excluding carboxylic acids is 2. The van der Waals surface area contributed by atoms with Crippen LogP contribution in [0.2, 0.25) is 0 Å². The van der Waals surface area contributed by atoms with Crippen LogP contribution < -0.4 is 34.8 Å². The summed E-state index contributed by atoms with van der Waals surface area (Å²) in [6, 6.07) is 2.93. The molecule has 3 atom stereocenters. The van der Waals surface area contributed by atoms with Gasteiger partial charge in [0.2, 0.25) is 12.8 Å².